The molecule has 1 saturated carbocycles. The zero-order valence-electron chi connectivity index (χ0n) is 23.3. The number of aliphatic carboxylic acids is 1. The van der Waals surface area contributed by atoms with Crippen LogP contribution in [0.5, 0.6) is 0 Å². The summed E-state index contributed by atoms with van der Waals surface area (Å²) < 4.78 is 62.4. The molecule has 1 saturated heterocycles. The number of rotatable bonds is 8. The van der Waals surface area contributed by atoms with Crippen molar-refractivity contribution >= 4 is 50.7 Å². The van der Waals surface area contributed by atoms with Gasteiger partial charge in [0.15, 0.2) is 22.5 Å². The van der Waals surface area contributed by atoms with E-state index in [1.165, 1.54) is 21.7 Å². The van der Waals surface area contributed by atoms with Crippen molar-refractivity contribution < 1.29 is 36.6 Å². The zero-order chi connectivity index (χ0) is 30.9. The molecule has 43 heavy (non-hydrogen) atoms. The molecule has 1 aromatic heterocycles. The number of aliphatic imine (C=N–C) groups is 1. The van der Waals surface area contributed by atoms with Crippen LogP contribution >= 0.6 is 22.9 Å². The standard InChI is InChI=1S/C28H31ClF2N4O6S2/c1-2-41-28(38)20-23(15-9-12-35(13-10-15)43(39,40)17-5-3-16(4-6-17)27(36)37)33-25(26-32-11-14-42-26)34-24(20)18-7-8-19(30)22(31)21(18)29/h7-8,11,14-17,24H,2-6,9-10,12-13H2,1H3,(H,33,34)(H,36,37)/t16-,17+,24?. The van der Waals surface area contributed by atoms with E-state index in [0.717, 1.165) is 6.07 Å². The first-order chi connectivity index (χ1) is 20.5. The van der Waals surface area contributed by atoms with Crippen LogP contribution in [-0.4, -0.2) is 65.5 Å². The largest absolute Gasteiger partial charge is 0.481 e. The van der Waals surface area contributed by atoms with Crippen molar-refractivity contribution in [2.45, 2.75) is 56.7 Å². The number of piperidine rings is 1. The smallest absolute Gasteiger partial charge is 0.338 e. The number of esters is 1. The summed E-state index contributed by atoms with van der Waals surface area (Å²) in [6, 6.07) is 1.07. The van der Waals surface area contributed by atoms with Gasteiger partial charge in [0.05, 0.1) is 28.4 Å². The normalized spacial score (nSPS) is 23.9. The van der Waals surface area contributed by atoms with E-state index in [1.807, 2.05) is 0 Å². The van der Waals surface area contributed by atoms with Crippen LogP contribution in [0.4, 0.5) is 8.78 Å². The van der Waals surface area contributed by atoms with Crippen molar-refractivity contribution in [1.82, 2.24) is 14.6 Å². The van der Waals surface area contributed by atoms with Crippen molar-refractivity contribution in [2.24, 2.45) is 16.8 Å². The maximum atomic E-state index is 14.6. The number of hydrogen-bond donors (Lipinski definition) is 2. The van der Waals surface area contributed by atoms with Crippen LogP contribution < -0.4 is 5.32 Å². The van der Waals surface area contributed by atoms with Gasteiger partial charge in [0, 0.05) is 41.8 Å². The summed E-state index contributed by atoms with van der Waals surface area (Å²) in [6.07, 6.45) is 3.54. The molecular formula is C28H31ClF2N4O6S2. The number of amidine groups is 1. The van der Waals surface area contributed by atoms with Crippen molar-refractivity contribution in [1.29, 1.82) is 0 Å². The maximum Gasteiger partial charge on any atom is 0.338 e. The minimum atomic E-state index is -3.66. The summed E-state index contributed by atoms with van der Waals surface area (Å²) >= 11 is 7.55. The Morgan fingerprint density at radius 2 is 1.86 bits per heavy atom. The Balaban J connectivity index is 1.46. The number of ether oxygens (including phenoxy) is 1. The molecule has 10 nitrogen and oxygen atoms in total. The van der Waals surface area contributed by atoms with Gasteiger partial charge in [0.2, 0.25) is 10.0 Å². The van der Waals surface area contributed by atoms with E-state index in [1.54, 1.807) is 18.5 Å². The SMILES string of the molecule is CCOC(=O)C1=C(C2CCN(S(=O)(=O)[C@H]3CC[C@@H](C(=O)O)CC3)CC2)NC(c2nccs2)=NC1c1ccc(F)c(F)c1Cl. The maximum absolute atomic E-state index is 14.6. The first-order valence-corrected chi connectivity index (χ1v) is 16.8. The molecule has 1 unspecified atom stereocenters. The number of aromatic nitrogens is 1. The van der Waals surface area contributed by atoms with E-state index < -0.39 is 55.8 Å². The summed E-state index contributed by atoms with van der Waals surface area (Å²) in [6.45, 7) is 2.07. The van der Waals surface area contributed by atoms with Gasteiger partial charge in [-0.2, -0.15) is 0 Å². The van der Waals surface area contributed by atoms with E-state index in [4.69, 9.17) is 16.3 Å². The second-order valence-corrected chi connectivity index (χ2v) is 14.2. The highest BCUT2D eigenvalue weighted by Gasteiger charge is 2.42. The molecule has 0 radical (unpaired) electrons. The number of sulfonamides is 1. The van der Waals surface area contributed by atoms with Crippen LogP contribution in [0.15, 0.2) is 40.0 Å². The van der Waals surface area contributed by atoms with Crippen molar-refractivity contribution in [3.63, 3.8) is 0 Å². The summed E-state index contributed by atoms with van der Waals surface area (Å²) in [5.74, 6) is -4.54. The minimum absolute atomic E-state index is 0.0533. The molecule has 2 N–H and O–H groups in total. The Labute approximate surface area is 256 Å². The molecule has 2 aliphatic heterocycles. The second-order valence-electron chi connectivity index (χ2n) is 10.7. The average Bonchev–Trinajstić information content (AvgIpc) is 3.55. The van der Waals surface area contributed by atoms with Crippen LogP contribution in [0.25, 0.3) is 0 Å². The molecule has 5 rings (SSSR count). The predicted octanol–water partition coefficient (Wildman–Crippen LogP) is 4.67. The van der Waals surface area contributed by atoms with E-state index >= 15 is 0 Å². The number of carboxylic acids is 1. The summed E-state index contributed by atoms with van der Waals surface area (Å²) in [5.41, 5.74) is 0.612. The van der Waals surface area contributed by atoms with Gasteiger partial charge >= 0.3 is 11.9 Å². The molecule has 1 aromatic carbocycles. The summed E-state index contributed by atoms with van der Waals surface area (Å²) in [4.78, 5) is 33.7. The first-order valence-electron chi connectivity index (χ1n) is 14.0. The Morgan fingerprint density at radius 1 is 1.16 bits per heavy atom. The lowest BCUT2D eigenvalue weighted by molar-refractivity contribution is -0.142. The number of halogens is 3. The molecule has 3 aliphatic rings. The molecule has 15 heteroatoms. The fourth-order valence-electron chi connectivity index (χ4n) is 5.96. The number of carboxylic acid groups (broad SMARTS) is 1. The lowest BCUT2D eigenvalue weighted by Gasteiger charge is -2.38. The molecule has 0 spiro atoms. The summed E-state index contributed by atoms with van der Waals surface area (Å²) in [7, 11) is -3.66. The van der Waals surface area contributed by atoms with E-state index in [-0.39, 0.29) is 36.8 Å². The molecular weight excluding hydrogens is 626 g/mol. The number of nitrogens with one attached hydrogen (secondary N) is 1. The van der Waals surface area contributed by atoms with Gasteiger partial charge in [0.25, 0.3) is 0 Å². The highest BCUT2D eigenvalue weighted by Crippen LogP contribution is 2.41. The first kappa shape index (κ1) is 31.5. The third-order valence-electron chi connectivity index (χ3n) is 8.23. The van der Waals surface area contributed by atoms with Crippen LogP contribution in [-0.2, 0) is 24.3 Å². The van der Waals surface area contributed by atoms with Crippen LogP contribution in [0, 0.1) is 23.5 Å². The predicted molar refractivity (Wildman–Crippen MR) is 156 cm³/mol. The zero-order valence-corrected chi connectivity index (χ0v) is 25.7. The van der Waals surface area contributed by atoms with Gasteiger partial charge in [-0.05, 0) is 51.5 Å². The van der Waals surface area contributed by atoms with E-state index in [2.05, 4.69) is 15.3 Å². The van der Waals surface area contributed by atoms with Crippen molar-refractivity contribution in [3.05, 3.63) is 62.2 Å². The van der Waals surface area contributed by atoms with Gasteiger partial charge in [-0.3, -0.25) is 9.79 Å². The Bertz CT molecular complexity index is 1550. The van der Waals surface area contributed by atoms with E-state index in [0.29, 0.717) is 55.1 Å². The van der Waals surface area contributed by atoms with E-state index in [9.17, 15) is 31.9 Å². The van der Waals surface area contributed by atoms with Gasteiger partial charge < -0.3 is 15.2 Å². The van der Waals surface area contributed by atoms with Crippen molar-refractivity contribution in [2.75, 3.05) is 19.7 Å². The number of hydrogen-bond acceptors (Lipinski definition) is 9. The third-order valence-corrected chi connectivity index (χ3v) is 11.8. The average molecular weight is 657 g/mol. The van der Waals surface area contributed by atoms with Crippen molar-refractivity contribution in [3.8, 4) is 0 Å². The molecule has 2 aromatic rings. The molecule has 0 amide bonds. The summed E-state index contributed by atoms with van der Waals surface area (Å²) in [5, 5.41) is 13.6. The Hall–Kier alpha value is -2.94. The molecule has 3 heterocycles. The molecule has 0 bridgehead atoms. The monoisotopic (exact) mass is 656 g/mol. The highest BCUT2D eigenvalue weighted by atomic mass is 35.5. The molecule has 1 atom stereocenters. The number of thiazole rings is 1. The number of carbonyl (C=O) groups excluding carboxylic acids is 1. The van der Waals surface area contributed by atoms with Crippen LogP contribution in [0.1, 0.15) is 62.1 Å². The van der Waals surface area contributed by atoms with Gasteiger partial charge in [0.1, 0.15) is 6.04 Å². The number of allylic oxidation sites excluding steroid dienone is 1. The quantitative estimate of drug-likeness (QED) is 0.309. The molecule has 2 fully saturated rings. The fraction of sp³-hybridized carbons (Fsp3) is 0.500. The lowest BCUT2D eigenvalue weighted by Crippen LogP contribution is -2.46. The van der Waals surface area contributed by atoms with Crippen LogP contribution in [0.3, 0.4) is 0 Å². The third kappa shape index (κ3) is 6.33. The van der Waals surface area contributed by atoms with Gasteiger partial charge in [-0.25, -0.2) is 31.3 Å². The highest BCUT2D eigenvalue weighted by molar-refractivity contribution is 7.89. The lowest BCUT2D eigenvalue weighted by atomic mass is 9.86. The Morgan fingerprint density at radius 3 is 2.47 bits per heavy atom. The number of carbonyl (C=O) groups is 2. The minimum Gasteiger partial charge on any atom is -0.481 e. The number of benzene rings is 1. The topological polar surface area (TPSA) is 138 Å². The molecule has 1 aliphatic carbocycles. The Kier molecular flexibility index (Phi) is 9.49. The fourth-order valence-corrected chi connectivity index (χ4v) is 8.82. The van der Waals surface area contributed by atoms with Crippen LogP contribution in [0.2, 0.25) is 5.02 Å². The number of nitrogens with zero attached hydrogens (tertiary/aromatic N) is 3. The van der Waals surface area contributed by atoms with Gasteiger partial charge in [-0.1, -0.05) is 17.7 Å². The second kappa shape index (κ2) is 13.0. The van der Waals surface area contributed by atoms with Gasteiger partial charge in [-0.15, -0.1) is 11.3 Å². The molecule has 232 valence electrons.